The van der Waals surface area contributed by atoms with Gasteiger partial charge in [0, 0.05) is 46.1 Å². The van der Waals surface area contributed by atoms with Crippen molar-refractivity contribution in [1.29, 1.82) is 0 Å². The van der Waals surface area contributed by atoms with Gasteiger partial charge in [-0.2, -0.15) is 0 Å². The summed E-state index contributed by atoms with van der Waals surface area (Å²) >= 11 is 0. The van der Waals surface area contributed by atoms with Crippen LogP contribution in [0.15, 0.2) is 24.5 Å². The minimum Gasteiger partial charge on any atom is -0.376 e. The first-order valence-corrected chi connectivity index (χ1v) is 8.01. The molecule has 1 N–H and O–H groups in total. The molecule has 1 aromatic rings. The van der Waals surface area contributed by atoms with E-state index in [4.69, 9.17) is 4.74 Å². The molecule has 2 amide bonds. The summed E-state index contributed by atoms with van der Waals surface area (Å²) in [6, 6.07) is 3.72. The number of hydrogen-bond donors (Lipinski definition) is 1. The lowest BCUT2D eigenvalue weighted by atomic mass is 9.87. The number of ether oxygens (including phenoxy) is 1. The second kappa shape index (κ2) is 8.06. The van der Waals surface area contributed by atoms with Crippen LogP contribution in [0.5, 0.6) is 0 Å². The number of carbonyl (C=O) groups is 2. The van der Waals surface area contributed by atoms with E-state index in [0.717, 1.165) is 24.9 Å². The average Bonchev–Trinajstić information content (AvgIpc) is 2.60. The van der Waals surface area contributed by atoms with Crippen molar-refractivity contribution >= 4 is 11.8 Å². The molecule has 1 aliphatic rings. The normalized spacial score (nSPS) is 21.0. The number of likely N-dealkylation sites (tertiary alicyclic amines) is 1. The standard InChI is InChI=1S/C17H25N3O3/c1-18-15(21)4-8-17(23-2)7-3-11-20(13-17)16(22)12-14-5-9-19-10-6-14/h5-6,9-10H,3-4,7-8,11-13H2,1-2H3,(H,18,21)/t17-/m1/s1. The molecule has 23 heavy (non-hydrogen) atoms. The molecule has 0 bridgehead atoms. The Morgan fingerprint density at radius 2 is 2.13 bits per heavy atom. The number of nitrogens with one attached hydrogen (secondary N) is 1. The van der Waals surface area contributed by atoms with Gasteiger partial charge in [-0.25, -0.2) is 0 Å². The second-order valence-corrected chi connectivity index (χ2v) is 6.01. The summed E-state index contributed by atoms with van der Waals surface area (Å²) in [7, 11) is 3.30. The van der Waals surface area contributed by atoms with Crippen LogP contribution in [0, 0.1) is 0 Å². The zero-order valence-corrected chi connectivity index (χ0v) is 13.9. The van der Waals surface area contributed by atoms with E-state index in [1.807, 2.05) is 17.0 Å². The molecule has 1 atom stereocenters. The third kappa shape index (κ3) is 4.76. The van der Waals surface area contributed by atoms with E-state index in [2.05, 4.69) is 10.3 Å². The molecule has 0 aliphatic carbocycles. The highest BCUT2D eigenvalue weighted by Crippen LogP contribution is 2.29. The molecular formula is C17H25N3O3. The van der Waals surface area contributed by atoms with Crippen molar-refractivity contribution in [2.24, 2.45) is 0 Å². The Morgan fingerprint density at radius 1 is 1.39 bits per heavy atom. The molecule has 0 spiro atoms. The summed E-state index contributed by atoms with van der Waals surface area (Å²) in [5, 5.41) is 2.63. The molecule has 0 radical (unpaired) electrons. The highest BCUT2D eigenvalue weighted by atomic mass is 16.5. The van der Waals surface area contributed by atoms with Gasteiger partial charge in [0.1, 0.15) is 0 Å². The summed E-state index contributed by atoms with van der Waals surface area (Å²) in [5.74, 6) is 0.0962. The Labute approximate surface area is 137 Å². The maximum atomic E-state index is 12.5. The lowest BCUT2D eigenvalue weighted by Crippen LogP contribution is -2.52. The van der Waals surface area contributed by atoms with Crippen molar-refractivity contribution in [1.82, 2.24) is 15.2 Å². The van der Waals surface area contributed by atoms with Crippen LogP contribution in [0.3, 0.4) is 0 Å². The van der Waals surface area contributed by atoms with E-state index in [1.165, 1.54) is 0 Å². The minimum atomic E-state index is -0.418. The molecule has 6 nitrogen and oxygen atoms in total. The maximum absolute atomic E-state index is 12.5. The van der Waals surface area contributed by atoms with Crippen molar-refractivity contribution < 1.29 is 14.3 Å². The number of piperidine rings is 1. The molecule has 1 aliphatic heterocycles. The maximum Gasteiger partial charge on any atom is 0.227 e. The molecule has 1 saturated heterocycles. The third-order valence-electron chi connectivity index (χ3n) is 4.52. The Hall–Kier alpha value is -1.95. The van der Waals surface area contributed by atoms with Crippen LogP contribution < -0.4 is 5.32 Å². The molecular weight excluding hydrogens is 294 g/mol. The van der Waals surface area contributed by atoms with Crippen LogP contribution in [0.4, 0.5) is 0 Å². The van der Waals surface area contributed by atoms with Gasteiger partial charge in [-0.1, -0.05) is 0 Å². The molecule has 2 rings (SSSR count). The van der Waals surface area contributed by atoms with Crippen LogP contribution in [-0.4, -0.2) is 54.5 Å². The number of methoxy groups -OCH3 is 1. The molecule has 0 unspecified atom stereocenters. The number of amides is 2. The second-order valence-electron chi connectivity index (χ2n) is 6.01. The van der Waals surface area contributed by atoms with Gasteiger partial charge >= 0.3 is 0 Å². The van der Waals surface area contributed by atoms with Crippen molar-refractivity contribution in [3.05, 3.63) is 30.1 Å². The van der Waals surface area contributed by atoms with E-state index in [9.17, 15) is 9.59 Å². The van der Waals surface area contributed by atoms with Crippen molar-refractivity contribution in [3.63, 3.8) is 0 Å². The van der Waals surface area contributed by atoms with Crippen LogP contribution in [0.25, 0.3) is 0 Å². The molecule has 0 aromatic carbocycles. The van der Waals surface area contributed by atoms with E-state index >= 15 is 0 Å². The van der Waals surface area contributed by atoms with Gasteiger partial charge in [-0.05, 0) is 37.0 Å². The SMILES string of the molecule is CNC(=O)CC[C@]1(OC)CCCN(C(=O)Cc2ccncc2)C1. The highest BCUT2D eigenvalue weighted by Gasteiger charge is 2.37. The fourth-order valence-corrected chi connectivity index (χ4v) is 3.04. The van der Waals surface area contributed by atoms with Crippen LogP contribution >= 0.6 is 0 Å². The summed E-state index contributed by atoms with van der Waals surface area (Å²) in [4.78, 5) is 29.9. The zero-order chi connectivity index (χ0) is 16.7. The van der Waals surface area contributed by atoms with Crippen molar-refractivity contribution in [3.8, 4) is 0 Å². The molecule has 0 saturated carbocycles. The monoisotopic (exact) mass is 319 g/mol. The van der Waals surface area contributed by atoms with Gasteiger partial charge in [-0.15, -0.1) is 0 Å². The minimum absolute atomic E-state index is 0.00154. The zero-order valence-electron chi connectivity index (χ0n) is 13.9. The molecule has 126 valence electrons. The van der Waals surface area contributed by atoms with Crippen LogP contribution in [0.2, 0.25) is 0 Å². The van der Waals surface area contributed by atoms with Crippen LogP contribution in [-0.2, 0) is 20.7 Å². The summed E-state index contributed by atoms with van der Waals surface area (Å²) in [6.45, 7) is 1.29. The Bertz CT molecular complexity index is 535. The lowest BCUT2D eigenvalue weighted by Gasteiger charge is -2.42. The van der Waals surface area contributed by atoms with E-state index in [1.54, 1.807) is 26.6 Å². The molecule has 1 aromatic heterocycles. The van der Waals surface area contributed by atoms with Gasteiger partial charge in [-0.3, -0.25) is 14.6 Å². The number of nitrogens with zero attached hydrogens (tertiary/aromatic N) is 2. The van der Waals surface area contributed by atoms with E-state index in [0.29, 0.717) is 25.8 Å². The summed E-state index contributed by atoms with van der Waals surface area (Å²) in [6.07, 6.45) is 6.57. The third-order valence-corrected chi connectivity index (χ3v) is 4.52. The van der Waals surface area contributed by atoms with E-state index in [-0.39, 0.29) is 11.8 Å². The fourth-order valence-electron chi connectivity index (χ4n) is 3.04. The van der Waals surface area contributed by atoms with Gasteiger partial charge in [0.25, 0.3) is 0 Å². The fraction of sp³-hybridized carbons (Fsp3) is 0.588. The summed E-state index contributed by atoms with van der Waals surface area (Å²) < 4.78 is 5.72. The Balaban J connectivity index is 1.97. The number of rotatable bonds is 6. The lowest BCUT2D eigenvalue weighted by molar-refractivity contribution is -0.141. The largest absolute Gasteiger partial charge is 0.376 e. The quantitative estimate of drug-likeness (QED) is 0.854. The summed E-state index contributed by atoms with van der Waals surface area (Å²) in [5.41, 5.74) is 0.544. The van der Waals surface area contributed by atoms with E-state index < -0.39 is 5.60 Å². The first-order chi connectivity index (χ1) is 11.1. The number of carbonyl (C=O) groups excluding carboxylic acids is 2. The van der Waals surface area contributed by atoms with Crippen molar-refractivity contribution in [2.45, 2.75) is 37.7 Å². The molecule has 1 fully saturated rings. The van der Waals surface area contributed by atoms with Crippen molar-refractivity contribution in [2.75, 3.05) is 27.2 Å². The van der Waals surface area contributed by atoms with Gasteiger partial charge in [0.05, 0.1) is 12.0 Å². The number of hydrogen-bond acceptors (Lipinski definition) is 4. The Morgan fingerprint density at radius 3 is 2.78 bits per heavy atom. The van der Waals surface area contributed by atoms with Gasteiger partial charge < -0.3 is 15.0 Å². The first-order valence-electron chi connectivity index (χ1n) is 8.01. The number of aromatic nitrogens is 1. The molecule has 6 heteroatoms. The van der Waals surface area contributed by atoms with Crippen LogP contribution in [0.1, 0.15) is 31.2 Å². The highest BCUT2D eigenvalue weighted by molar-refractivity contribution is 5.79. The Kier molecular flexibility index (Phi) is 6.10. The number of pyridine rings is 1. The molecule has 2 heterocycles. The van der Waals surface area contributed by atoms with Gasteiger partial charge in [0.15, 0.2) is 0 Å². The van der Waals surface area contributed by atoms with Gasteiger partial charge in [0.2, 0.25) is 11.8 Å². The smallest absolute Gasteiger partial charge is 0.227 e. The predicted octanol–water partition coefficient (Wildman–Crippen LogP) is 1.16. The average molecular weight is 319 g/mol. The first kappa shape index (κ1) is 17.4. The topological polar surface area (TPSA) is 71.5 Å². The predicted molar refractivity (Wildman–Crippen MR) is 86.8 cm³/mol.